The van der Waals surface area contributed by atoms with Gasteiger partial charge in [-0.05, 0) is 0 Å². The molecule has 84 valence electrons. The van der Waals surface area contributed by atoms with E-state index >= 15 is 0 Å². The highest BCUT2D eigenvalue weighted by Crippen LogP contribution is 2.10. The van der Waals surface area contributed by atoms with Gasteiger partial charge < -0.3 is 10.2 Å². The summed E-state index contributed by atoms with van der Waals surface area (Å²) < 4.78 is 0. The fourth-order valence-electron chi connectivity index (χ4n) is 1.21. The maximum Gasteiger partial charge on any atom is 0.318 e. The van der Waals surface area contributed by atoms with Gasteiger partial charge in [-0.25, -0.2) is 0 Å². The molecule has 0 aromatic heterocycles. The second-order valence-corrected chi connectivity index (χ2v) is 3.22. The van der Waals surface area contributed by atoms with Crippen LogP contribution in [0.15, 0.2) is 30.3 Å². The molecular formula is C11H10O5. The van der Waals surface area contributed by atoms with Crippen LogP contribution >= 0.6 is 0 Å². The third-order valence-electron chi connectivity index (χ3n) is 2.08. The Morgan fingerprint density at radius 1 is 1.00 bits per heavy atom. The van der Waals surface area contributed by atoms with E-state index in [0.29, 0.717) is 5.56 Å². The van der Waals surface area contributed by atoms with E-state index in [0.717, 1.165) is 0 Å². The highest BCUT2D eigenvalue weighted by molar-refractivity contribution is 6.03. The van der Waals surface area contributed by atoms with Gasteiger partial charge in [0.05, 0.1) is 0 Å². The van der Waals surface area contributed by atoms with Crippen molar-refractivity contribution in [1.82, 2.24) is 0 Å². The summed E-state index contributed by atoms with van der Waals surface area (Å²) in [5.74, 6) is -5.18. The molecule has 0 saturated carbocycles. The molecule has 0 saturated heterocycles. The minimum absolute atomic E-state index is 0.315. The summed E-state index contributed by atoms with van der Waals surface area (Å²) >= 11 is 0. The molecule has 5 nitrogen and oxygen atoms in total. The second kappa shape index (κ2) is 5.06. The molecule has 0 amide bonds. The molecule has 2 N–H and O–H groups in total. The highest BCUT2D eigenvalue weighted by atomic mass is 16.4. The number of hydrogen-bond donors (Lipinski definition) is 2. The first kappa shape index (κ1) is 11.9. The van der Waals surface area contributed by atoms with Gasteiger partial charge in [0.15, 0.2) is 11.7 Å². The van der Waals surface area contributed by atoms with E-state index in [1.807, 2.05) is 0 Å². The Morgan fingerprint density at radius 2 is 1.50 bits per heavy atom. The molecule has 1 aromatic carbocycles. The summed E-state index contributed by atoms with van der Waals surface area (Å²) in [6.45, 7) is 0. The zero-order chi connectivity index (χ0) is 12.1. The zero-order valence-corrected chi connectivity index (χ0v) is 8.29. The van der Waals surface area contributed by atoms with Crippen LogP contribution in [0.2, 0.25) is 0 Å². The molecule has 5 heteroatoms. The molecule has 1 rings (SSSR count). The normalized spacial score (nSPS) is 10.1. The number of aliphatic carboxylic acids is 2. The van der Waals surface area contributed by atoms with Crippen LogP contribution in [0.1, 0.15) is 16.8 Å². The number of hydrogen-bond acceptors (Lipinski definition) is 3. The van der Waals surface area contributed by atoms with E-state index in [2.05, 4.69) is 0 Å². The minimum atomic E-state index is -1.69. The molecule has 0 heterocycles. The van der Waals surface area contributed by atoms with Crippen molar-refractivity contribution in [1.29, 1.82) is 0 Å². The summed E-state index contributed by atoms with van der Waals surface area (Å²) in [5, 5.41) is 17.2. The lowest BCUT2D eigenvalue weighted by Crippen LogP contribution is -2.26. The van der Waals surface area contributed by atoms with Gasteiger partial charge in [-0.3, -0.25) is 14.4 Å². The van der Waals surface area contributed by atoms with E-state index in [9.17, 15) is 14.4 Å². The SMILES string of the molecule is O=C(CC(C(=O)O)C(=O)O)c1ccccc1. The van der Waals surface area contributed by atoms with Crippen LogP contribution in [0.25, 0.3) is 0 Å². The van der Waals surface area contributed by atoms with Gasteiger partial charge in [-0.15, -0.1) is 0 Å². The summed E-state index contributed by atoms with van der Waals surface area (Å²) in [5.41, 5.74) is 0.315. The molecule has 0 aliphatic carbocycles. The molecular weight excluding hydrogens is 212 g/mol. The highest BCUT2D eigenvalue weighted by Gasteiger charge is 2.28. The van der Waals surface area contributed by atoms with Crippen LogP contribution in [0.5, 0.6) is 0 Å². The minimum Gasteiger partial charge on any atom is -0.481 e. The lowest BCUT2D eigenvalue weighted by atomic mass is 9.98. The van der Waals surface area contributed by atoms with E-state index in [-0.39, 0.29) is 0 Å². The van der Waals surface area contributed by atoms with Crippen molar-refractivity contribution in [3.8, 4) is 0 Å². The van der Waals surface area contributed by atoms with Crippen molar-refractivity contribution < 1.29 is 24.6 Å². The van der Waals surface area contributed by atoms with E-state index in [1.165, 1.54) is 12.1 Å². The Kier molecular flexibility index (Phi) is 3.77. The van der Waals surface area contributed by atoms with Crippen LogP contribution in [-0.4, -0.2) is 27.9 Å². The molecule has 0 atom stereocenters. The number of carboxylic acids is 2. The van der Waals surface area contributed by atoms with E-state index < -0.39 is 30.1 Å². The molecule has 0 aliphatic rings. The van der Waals surface area contributed by atoms with Gasteiger partial charge in [0, 0.05) is 12.0 Å². The largest absolute Gasteiger partial charge is 0.481 e. The predicted molar refractivity (Wildman–Crippen MR) is 54.2 cm³/mol. The molecule has 1 aromatic rings. The van der Waals surface area contributed by atoms with Gasteiger partial charge in [-0.2, -0.15) is 0 Å². The van der Waals surface area contributed by atoms with Crippen molar-refractivity contribution in [2.24, 2.45) is 5.92 Å². The summed E-state index contributed by atoms with van der Waals surface area (Å²) in [6.07, 6.45) is -0.533. The van der Waals surface area contributed by atoms with Gasteiger partial charge in [0.25, 0.3) is 0 Å². The van der Waals surface area contributed by atoms with Crippen molar-refractivity contribution in [2.45, 2.75) is 6.42 Å². The quantitative estimate of drug-likeness (QED) is 0.573. The fourth-order valence-corrected chi connectivity index (χ4v) is 1.21. The number of carboxylic acid groups (broad SMARTS) is 2. The molecule has 0 fully saturated rings. The number of benzene rings is 1. The van der Waals surface area contributed by atoms with Crippen LogP contribution in [-0.2, 0) is 9.59 Å². The van der Waals surface area contributed by atoms with Crippen molar-refractivity contribution in [3.05, 3.63) is 35.9 Å². The summed E-state index contributed by atoms with van der Waals surface area (Å²) in [7, 11) is 0. The first-order valence-corrected chi connectivity index (χ1v) is 4.56. The number of carbonyl (C=O) groups excluding carboxylic acids is 1. The fraction of sp³-hybridized carbons (Fsp3) is 0.182. The maximum atomic E-state index is 11.5. The van der Waals surface area contributed by atoms with Crippen molar-refractivity contribution >= 4 is 17.7 Å². The Balaban J connectivity index is 2.77. The summed E-state index contributed by atoms with van der Waals surface area (Å²) in [6, 6.07) is 8.00. The number of carbonyl (C=O) groups is 3. The smallest absolute Gasteiger partial charge is 0.318 e. The second-order valence-electron chi connectivity index (χ2n) is 3.22. The predicted octanol–water partition coefficient (Wildman–Crippen LogP) is 1.04. The van der Waals surface area contributed by atoms with Gasteiger partial charge in [0.2, 0.25) is 0 Å². The third-order valence-corrected chi connectivity index (χ3v) is 2.08. The van der Waals surface area contributed by atoms with Crippen LogP contribution in [0, 0.1) is 5.92 Å². The van der Waals surface area contributed by atoms with Crippen LogP contribution < -0.4 is 0 Å². The van der Waals surface area contributed by atoms with E-state index in [1.54, 1.807) is 18.2 Å². The Labute approximate surface area is 91.3 Å². The van der Waals surface area contributed by atoms with Crippen molar-refractivity contribution in [3.63, 3.8) is 0 Å². The van der Waals surface area contributed by atoms with Gasteiger partial charge >= 0.3 is 11.9 Å². The number of rotatable bonds is 5. The topological polar surface area (TPSA) is 91.7 Å². The van der Waals surface area contributed by atoms with Crippen molar-refractivity contribution in [2.75, 3.05) is 0 Å². The van der Waals surface area contributed by atoms with Crippen LogP contribution in [0.3, 0.4) is 0 Å². The first-order valence-electron chi connectivity index (χ1n) is 4.56. The Bertz CT molecular complexity index is 396. The molecule has 0 unspecified atom stereocenters. The van der Waals surface area contributed by atoms with E-state index in [4.69, 9.17) is 10.2 Å². The van der Waals surface area contributed by atoms with Crippen LogP contribution in [0.4, 0.5) is 0 Å². The average molecular weight is 222 g/mol. The molecule has 0 aliphatic heterocycles. The zero-order valence-electron chi connectivity index (χ0n) is 8.29. The third kappa shape index (κ3) is 2.91. The standard InChI is InChI=1S/C11H10O5/c12-9(7-4-2-1-3-5-7)6-8(10(13)14)11(15)16/h1-5,8H,6H2,(H,13,14)(H,15,16). The average Bonchev–Trinajstić information content (AvgIpc) is 2.25. The Hall–Kier alpha value is -2.17. The molecule has 0 spiro atoms. The first-order chi connectivity index (χ1) is 7.52. The lowest BCUT2D eigenvalue weighted by molar-refractivity contribution is -0.154. The van der Waals surface area contributed by atoms with Gasteiger partial charge in [0.1, 0.15) is 0 Å². The lowest BCUT2D eigenvalue weighted by Gasteiger charge is -2.06. The number of ketones is 1. The molecule has 16 heavy (non-hydrogen) atoms. The molecule has 0 bridgehead atoms. The monoisotopic (exact) mass is 222 g/mol. The molecule has 0 radical (unpaired) electrons. The Morgan fingerprint density at radius 3 is 1.94 bits per heavy atom. The van der Waals surface area contributed by atoms with Gasteiger partial charge in [-0.1, -0.05) is 30.3 Å². The number of Topliss-reactive ketones (excluding diaryl/α,β-unsaturated/α-hetero) is 1. The maximum absolute atomic E-state index is 11.5. The summed E-state index contributed by atoms with van der Waals surface area (Å²) in [4.78, 5) is 32.7.